The first kappa shape index (κ1) is 15.8. The summed E-state index contributed by atoms with van der Waals surface area (Å²) < 4.78 is 11.6. The van der Waals surface area contributed by atoms with E-state index in [2.05, 4.69) is 22.9 Å². The number of carbonyl (C=O) groups excluding carboxylic acids is 1. The van der Waals surface area contributed by atoms with Crippen LogP contribution in [0.25, 0.3) is 10.8 Å². The Labute approximate surface area is 133 Å². The molecule has 2 aromatic carbocycles. The fraction of sp³-hybridized carbons (Fsp3) is 0.353. The summed E-state index contributed by atoms with van der Waals surface area (Å²) in [6.07, 6.45) is 2.02. The van der Waals surface area contributed by atoms with Gasteiger partial charge in [-0.2, -0.15) is 0 Å². The van der Waals surface area contributed by atoms with Crippen molar-refractivity contribution in [1.29, 1.82) is 0 Å². The van der Waals surface area contributed by atoms with E-state index in [0.29, 0.717) is 12.2 Å². The largest absolute Gasteiger partial charge is 0.478 e. The second-order valence-electron chi connectivity index (χ2n) is 4.87. The monoisotopic (exact) mass is 350 g/mol. The first-order valence-electron chi connectivity index (χ1n) is 7.09. The van der Waals surface area contributed by atoms with E-state index in [4.69, 9.17) is 9.47 Å². The Morgan fingerprint density at radius 3 is 2.71 bits per heavy atom. The Kier molecular flexibility index (Phi) is 5.62. The van der Waals surface area contributed by atoms with Gasteiger partial charge < -0.3 is 9.47 Å². The van der Waals surface area contributed by atoms with Gasteiger partial charge in [0.25, 0.3) is 0 Å². The molecule has 4 heteroatoms. The van der Waals surface area contributed by atoms with Crippen LogP contribution in [-0.4, -0.2) is 19.2 Å². The van der Waals surface area contributed by atoms with Gasteiger partial charge in [0, 0.05) is 0 Å². The first-order valence-corrected chi connectivity index (χ1v) is 7.88. The third-order valence-corrected chi connectivity index (χ3v) is 4.20. The van der Waals surface area contributed by atoms with E-state index in [1.54, 1.807) is 0 Å². The summed E-state index contributed by atoms with van der Waals surface area (Å²) in [6.45, 7) is 2.08. The van der Waals surface area contributed by atoms with Crippen molar-refractivity contribution < 1.29 is 14.3 Å². The minimum Gasteiger partial charge on any atom is -0.478 e. The average molecular weight is 351 g/mol. The van der Waals surface area contributed by atoms with Crippen LogP contribution in [0, 0.1) is 0 Å². The van der Waals surface area contributed by atoms with Crippen LogP contribution in [0.4, 0.5) is 0 Å². The van der Waals surface area contributed by atoms with Crippen molar-refractivity contribution in [2.75, 3.05) is 7.11 Å². The molecular weight excluding hydrogens is 332 g/mol. The smallest absolute Gasteiger partial charge is 0.347 e. The van der Waals surface area contributed by atoms with Crippen LogP contribution in [0.15, 0.2) is 40.9 Å². The van der Waals surface area contributed by atoms with Crippen molar-refractivity contribution in [3.63, 3.8) is 0 Å². The number of hydrogen-bond acceptors (Lipinski definition) is 3. The van der Waals surface area contributed by atoms with Crippen molar-refractivity contribution >= 4 is 32.7 Å². The topological polar surface area (TPSA) is 35.5 Å². The van der Waals surface area contributed by atoms with Crippen LogP contribution < -0.4 is 4.74 Å². The molecule has 0 heterocycles. The zero-order valence-electron chi connectivity index (χ0n) is 12.3. The highest BCUT2D eigenvalue weighted by molar-refractivity contribution is 9.10. The van der Waals surface area contributed by atoms with Gasteiger partial charge in [-0.1, -0.05) is 43.7 Å². The van der Waals surface area contributed by atoms with Crippen LogP contribution >= 0.6 is 15.9 Å². The molecule has 0 N–H and O–H groups in total. The minimum atomic E-state index is -0.563. The molecule has 2 aromatic rings. The summed E-state index contributed by atoms with van der Waals surface area (Å²) in [4.78, 5) is 11.8. The number of fused-ring (bicyclic) bond motifs is 1. The number of ether oxygens (including phenoxy) is 2. The standard InChI is InChI=1S/C17H19BrO3/c1-3-4-9-15(17(19)20-2)21-14-11-10-12-7-5-6-8-13(12)16(14)18/h5-8,10-11,15H,3-4,9H2,1-2H3. The van der Waals surface area contributed by atoms with Gasteiger partial charge in [-0.05, 0) is 45.6 Å². The molecule has 0 amide bonds. The van der Waals surface area contributed by atoms with Crippen LogP contribution in [0.2, 0.25) is 0 Å². The van der Waals surface area contributed by atoms with Crippen molar-refractivity contribution in [2.24, 2.45) is 0 Å². The lowest BCUT2D eigenvalue weighted by Crippen LogP contribution is -2.28. The molecule has 21 heavy (non-hydrogen) atoms. The summed E-state index contributed by atoms with van der Waals surface area (Å²) in [6, 6.07) is 11.9. The Hall–Kier alpha value is -1.55. The highest BCUT2D eigenvalue weighted by Gasteiger charge is 2.22. The minimum absolute atomic E-state index is 0.330. The van der Waals surface area contributed by atoms with Crippen molar-refractivity contribution in [2.45, 2.75) is 32.3 Å². The van der Waals surface area contributed by atoms with Crippen molar-refractivity contribution in [1.82, 2.24) is 0 Å². The molecule has 0 saturated heterocycles. The lowest BCUT2D eigenvalue weighted by molar-refractivity contribution is -0.149. The lowest BCUT2D eigenvalue weighted by Gasteiger charge is -2.18. The molecule has 0 aliphatic rings. The van der Waals surface area contributed by atoms with Gasteiger partial charge in [0.15, 0.2) is 6.10 Å². The average Bonchev–Trinajstić information content (AvgIpc) is 2.53. The fourth-order valence-electron chi connectivity index (χ4n) is 2.20. The van der Waals surface area contributed by atoms with Crippen LogP contribution in [0.5, 0.6) is 5.75 Å². The number of esters is 1. The van der Waals surface area contributed by atoms with E-state index in [-0.39, 0.29) is 5.97 Å². The molecule has 0 aliphatic carbocycles. The maximum Gasteiger partial charge on any atom is 0.347 e. The van der Waals surface area contributed by atoms with E-state index >= 15 is 0 Å². The Morgan fingerprint density at radius 2 is 2.00 bits per heavy atom. The highest BCUT2D eigenvalue weighted by atomic mass is 79.9. The predicted octanol–water partition coefficient (Wildman–Crippen LogP) is 4.71. The molecule has 2 rings (SSSR count). The Morgan fingerprint density at radius 1 is 1.24 bits per heavy atom. The van der Waals surface area contributed by atoms with Crippen molar-refractivity contribution in [3.8, 4) is 5.75 Å². The molecule has 0 aromatic heterocycles. The van der Waals surface area contributed by atoms with Gasteiger partial charge in [0.05, 0.1) is 11.6 Å². The molecule has 1 atom stereocenters. The van der Waals surface area contributed by atoms with Crippen LogP contribution in [0.1, 0.15) is 26.2 Å². The van der Waals surface area contributed by atoms with E-state index in [1.807, 2.05) is 36.4 Å². The molecular formula is C17H19BrO3. The molecule has 0 spiro atoms. The van der Waals surface area contributed by atoms with Gasteiger partial charge in [0.1, 0.15) is 5.75 Å². The van der Waals surface area contributed by atoms with E-state index < -0.39 is 6.10 Å². The number of methoxy groups -OCH3 is 1. The van der Waals surface area contributed by atoms with Gasteiger partial charge in [-0.15, -0.1) is 0 Å². The molecule has 0 radical (unpaired) electrons. The molecule has 0 bridgehead atoms. The first-order chi connectivity index (χ1) is 10.2. The van der Waals surface area contributed by atoms with Gasteiger partial charge in [-0.3, -0.25) is 0 Å². The zero-order valence-corrected chi connectivity index (χ0v) is 13.9. The number of halogens is 1. The van der Waals surface area contributed by atoms with Crippen LogP contribution in [0.3, 0.4) is 0 Å². The molecule has 1 unspecified atom stereocenters. The number of benzene rings is 2. The normalized spacial score (nSPS) is 12.1. The molecule has 3 nitrogen and oxygen atoms in total. The maximum absolute atomic E-state index is 11.8. The summed E-state index contributed by atoms with van der Waals surface area (Å²) in [5.41, 5.74) is 0. The predicted molar refractivity (Wildman–Crippen MR) is 87.6 cm³/mol. The summed E-state index contributed by atoms with van der Waals surface area (Å²) in [7, 11) is 1.39. The van der Waals surface area contributed by atoms with E-state index in [1.165, 1.54) is 7.11 Å². The molecule has 112 valence electrons. The van der Waals surface area contributed by atoms with Crippen molar-refractivity contribution in [3.05, 3.63) is 40.9 Å². The second kappa shape index (κ2) is 7.46. The molecule has 0 saturated carbocycles. The summed E-state index contributed by atoms with van der Waals surface area (Å²) in [5, 5.41) is 2.19. The quantitative estimate of drug-likeness (QED) is 0.707. The van der Waals surface area contributed by atoms with E-state index in [0.717, 1.165) is 28.1 Å². The van der Waals surface area contributed by atoms with Crippen LogP contribution in [-0.2, 0) is 9.53 Å². The SMILES string of the molecule is CCCCC(Oc1ccc2ccccc2c1Br)C(=O)OC. The summed E-state index contributed by atoms with van der Waals surface area (Å²) in [5.74, 6) is 0.337. The van der Waals surface area contributed by atoms with Gasteiger partial charge in [0.2, 0.25) is 0 Å². The third-order valence-electron chi connectivity index (χ3n) is 3.38. The summed E-state index contributed by atoms with van der Waals surface area (Å²) >= 11 is 3.57. The fourth-order valence-corrected chi connectivity index (χ4v) is 2.79. The zero-order chi connectivity index (χ0) is 15.2. The lowest BCUT2D eigenvalue weighted by atomic mass is 10.1. The second-order valence-corrected chi connectivity index (χ2v) is 5.66. The number of carbonyl (C=O) groups is 1. The molecule has 0 fully saturated rings. The van der Waals surface area contributed by atoms with Gasteiger partial charge in [-0.25, -0.2) is 4.79 Å². The number of hydrogen-bond donors (Lipinski definition) is 0. The third kappa shape index (κ3) is 3.76. The van der Waals surface area contributed by atoms with E-state index in [9.17, 15) is 4.79 Å². The Bertz CT molecular complexity index is 624. The highest BCUT2D eigenvalue weighted by Crippen LogP contribution is 2.34. The number of rotatable bonds is 6. The van der Waals surface area contributed by atoms with Gasteiger partial charge >= 0.3 is 5.97 Å². The molecule has 0 aliphatic heterocycles. The number of unbranched alkanes of at least 4 members (excludes halogenated alkanes) is 1. The maximum atomic E-state index is 11.8. The Balaban J connectivity index is 2.27.